The predicted molar refractivity (Wildman–Crippen MR) is 224 cm³/mol. The Hall–Kier alpha value is -6.00. The molecule has 0 saturated carbocycles. The molecule has 0 fully saturated rings. The second-order valence-electron chi connectivity index (χ2n) is 15.8. The van der Waals surface area contributed by atoms with Gasteiger partial charge in [-0.2, -0.15) is 0 Å². The number of fused-ring (bicyclic) bond motifs is 5. The highest BCUT2D eigenvalue weighted by Gasteiger charge is 2.42. The van der Waals surface area contributed by atoms with Gasteiger partial charge in [-0.25, -0.2) is 0 Å². The molecule has 54 heavy (non-hydrogen) atoms. The highest BCUT2D eigenvalue weighted by Crippen LogP contribution is 2.52. The molecular formula is C50H44N4. The Balaban J connectivity index is 1.21. The lowest BCUT2D eigenvalue weighted by Crippen LogP contribution is -2.33. The Kier molecular flexibility index (Phi) is 7.76. The van der Waals surface area contributed by atoms with Crippen molar-refractivity contribution >= 4 is 17.1 Å². The zero-order valence-electron chi connectivity index (χ0n) is 31.3. The summed E-state index contributed by atoms with van der Waals surface area (Å²) in [6.45, 7) is 9.01. The second-order valence-corrected chi connectivity index (χ2v) is 15.8. The lowest BCUT2D eigenvalue weighted by atomic mass is 9.82. The third kappa shape index (κ3) is 5.51. The number of aryl methyl sites for hydroxylation is 1. The molecule has 2 aliphatic heterocycles. The number of hydrogen-bond acceptors (Lipinski definition) is 4. The van der Waals surface area contributed by atoms with E-state index >= 15 is 0 Å². The van der Waals surface area contributed by atoms with E-state index in [9.17, 15) is 0 Å². The highest BCUT2D eigenvalue weighted by molar-refractivity contribution is 5.86. The van der Waals surface area contributed by atoms with Crippen molar-refractivity contribution < 1.29 is 0 Å². The van der Waals surface area contributed by atoms with Crippen molar-refractivity contribution in [3.8, 4) is 33.6 Å². The summed E-state index contributed by atoms with van der Waals surface area (Å²) >= 11 is 0. The van der Waals surface area contributed by atoms with E-state index in [4.69, 9.17) is 9.97 Å². The van der Waals surface area contributed by atoms with Crippen LogP contribution < -0.4 is 9.80 Å². The number of benzene rings is 3. The average Bonchev–Trinajstić information content (AvgIpc) is 3.69. The smallest absolute Gasteiger partial charge is 0.0702 e. The molecule has 0 spiro atoms. The molecule has 5 atom stereocenters. The quantitative estimate of drug-likeness (QED) is 0.183. The first kappa shape index (κ1) is 32.6. The van der Waals surface area contributed by atoms with Gasteiger partial charge in [-0.05, 0) is 128 Å². The maximum atomic E-state index is 4.79. The molecule has 0 radical (unpaired) electrons. The van der Waals surface area contributed by atoms with E-state index in [0.717, 1.165) is 34.5 Å². The Morgan fingerprint density at radius 2 is 1.19 bits per heavy atom. The van der Waals surface area contributed by atoms with E-state index in [0.29, 0.717) is 17.8 Å². The molecule has 10 rings (SSSR count). The molecule has 4 heterocycles. The molecule has 0 saturated heterocycles. The number of pyridine rings is 2. The molecule has 264 valence electrons. The van der Waals surface area contributed by atoms with Crippen LogP contribution in [0.4, 0.5) is 17.1 Å². The summed E-state index contributed by atoms with van der Waals surface area (Å²) in [7, 11) is 0. The minimum Gasteiger partial charge on any atom is -0.334 e. The van der Waals surface area contributed by atoms with Crippen LogP contribution in [0.2, 0.25) is 0 Å². The van der Waals surface area contributed by atoms with E-state index in [1.807, 2.05) is 24.5 Å². The van der Waals surface area contributed by atoms with Crippen molar-refractivity contribution in [1.82, 2.24) is 9.97 Å². The zero-order valence-corrected chi connectivity index (χ0v) is 31.3. The molecule has 0 N–H and O–H groups in total. The largest absolute Gasteiger partial charge is 0.334 e. The van der Waals surface area contributed by atoms with E-state index in [1.54, 1.807) is 5.57 Å². The first-order valence-corrected chi connectivity index (χ1v) is 19.3. The first-order chi connectivity index (χ1) is 26.4. The molecule has 2 aromatic heterocycles. The summed E-state index contributed by atoms with van der Waals surface area (Å²) in [6, 6.07) is 33.8. The SMILES string of the molecule is CC1=CC2C3=C(C=CC(C)C3)N(c3cc(-c4cc(-c5ccccn5)cc(-c5ccccn5)c4)cc(N4c5ccc(C)cc5C5C=C(C)C=CC54)c3)C2C=C1. The molecule has 5 aromatic rings. The molecule has 5 aliphatic rings. The Labute approximate surface area is 318 Å². The molecule has 4 nitrogen and oxygen atoms in total. The Morgan fingerprint density at radius 1 is 0.574 bits per heavy atom. The topological polar surface area (TPSA) is 32.3 Å². The maximum absolute atomic E-state index is 4.79. The Morgan fingerprint density at radius 3 is 1.85 bits per heavy atom. The summed E-state index contributed by atoms with van der Waals surface area (Å²) in [6.07, 6.45) is 24.0. The fraction of sp³-hybridized carbons (Fsp3) is 0.200. The molecule has 0 amide bonds. The van der Waals surface area contributed by atoms with Gasteiger partial charge in [0.25, 0.3) is 0 Å². The predicted octanol–water partition coefficient (Wildman–Crippen LogP) is 12.1. The fourth-order valence-electron chi connectivity index (χ4n) is 9.41. The molecule has 4 heteroatoms. The van der Waals surface area contributed by atoms with Gasteiger partial charge in [-0.1, -0.05) is 90.4 Å². The minimum absolute atomic E-state index is 0.189. The van der Waals surface area contributed by atoms with Crippen LogP contribution in [0.25, 0.3) is 33.6 Å². The lowest BCUT2D eigenvalue weighted by molar-refractivity contribution is 0.613. The van der Waals surface area contributed by atoms with Crippen LogP contribution >= 0.6 is 0 Å². The number of anilines is 3. The van der Waals surface area contributed by atoms with Crippen molar-refractivity contribution in [2.75, 3.05) is 9.80 Å². The minimum atomic E-state index is 0.189. The van der Waals surface area contributed by atoms with Gasteiger partial charge in [0, 0.05) is 58.1 Å². The highest BCUT2D eigenvalue weighted by atomic mass is 15.2. The van der Waals surface area contributed by atoms with Crippen LogP contribution in [0.15, 0.2) is 174 Å². The van der Waals surface area contributed by atoms with Crippen LogP contribution in [0, 0.1) is 18.8 Å². The van der Waals surface area contributed by atoms with E-state index in [-0.39, 0.29) is 12.1 Å². The summed E-state index contributed by atoms with van der Waals surface area (Å²) in [5.41, 5.74) is 18.3. The van der Waals surface area contributed by atoms with Gasteiger partial charge in [-0.3, -0.25) is 9.97 Å². The van der Waals surface area contributed by atoms with Gasteiger partial charge in [0.05, 0.1) is 23.5 Å². The third-order valence-electron chi connectivity index (χ3n) is 11.9. The van der Waals surface area contributed by atoms with Crippen LogP contribution in [0.1, 0.15) is 44.2 Å². The van der Waals surface area contributed by atoms with Crippen molar-refractivity contribution in [3.63, 3.8) is 0 Å². The number of allylic oxidation sites excluding steroid dienone is 6. The van der Waals surface area contributed by atoms with Gasteiger partial charge >= 0.3 is 0 Å². The normalized spacial score (nSPS) is 23.5. The van der Waals surface area contributed by atoms with Crippen molar-refractivity contribution in [1.29, 1.82) is 0 Å². The van der Waals surface area contributed by atoms with Crippen LogP contribution in [0.5, 0.6) is 0 Å². The standard InChI is InChI=1S/C50H44N4/c1-31-11-15-47-41(21-31)42-22-32(2)12-16-48(42)53(47)39-28-36(35-25-37(45-9-5-7-19-51-45)27-38(26-35)46-10-6-8-20-52-46)29-40(30-39)54-49-17-13-33(3)23-43(49)44-24-34(4)14-18-50(44)54/h5-23,25-30,34,41,43,47,49H,24H2,1-4H3. The van der Waals surface area contributed by atoms with Crippen molar-refractivity contribution in [2.24, 2.45) is 11.8 Å². The number of rotatable bonds is 5. The third-order valence-corrected chi connectivity index (χ3v) is 11.9. The summed E-state index contributed by atoms with van der Waals surface area (Å²) < 4.78 is 0. The number of aromatic nitrogens is 2. The van der Waals surface area contributed by atoms with E-state index < -0.39 is 0 Å². The summed E-state index contributed by atoms with van der Waals surface area (Å²) in [5.74, 6) is 1.19. The molecule has 0 bridgehead atoms. The molecule has 5 unspecified atom stereocenters. The van der Waals surface area contributed by atoms with E-state index in [2.05, 4.69) is 165 Å². The van der Waals surface area contributed by atoms with Gasteiger partial charge in [0.1, 0.15) is 0 Å². The first-order valence-electron chi connectivity index (χ1n) is 19.3. The van der Waals surface area contributed by atoms with Crippen LogP contribution in [0.3, 0.4) is 0 Å². The van der Waals surface area contributed by atoms with Gasteiger partial charge < -0.3 is 9.80 Å². The molecule has 3 aromatic carbocycles. The Bertz CT molecular complexity index is 2440. The fourth-order valence-corrected chi connectivity index (χ4v) is 9.41. The number of nitrogens with zero attached hydrogens (tertiary/aromatic N) is 4. The average molecular weight is 701 g/mol. The summed E-state index contributed by atoms with van der Waals surface area (Å²) in [4.78, 5) is 14.8. The second kappa shape index (κ2) is 12.8. The van der Waals surface area contributed by atoms with Crippen molar-refractivity contribution in [3.05, 3.63) is 186 Å². The lowest BCUT2D eigenvalue weighted by Gasteiger charge is -2.34. The van der Waals surface area contributed by atoms with Gasteiger partial charge in [0.2, 0.25) is 0 Å². The van der Waals surface area contributed by atoms with Gasteiger partial charge in [-0.15, -0.1) is 0 Å². The number of hydrogen-bond donors (Lipinski definition) is 0. The monoisotopic (exact) mass is 700 g/mol. The van der Waals surface area contributed by atoms with Crippen molar-refractivity contribution in [2.45, 2.75) is 52.1 Å². The van der Waals surface area contributed by atoms with E-state index in [1.165, 1.54) is 50.6 Å². The van der Waals surface area contributed by atoms with Crippen LogP contribution in [-0.2, 0) is 0 Å². The maximum Gasteiger partial charge on any atom is 0.0702 e. The zero-order chi connectivity index (χ0) is 36.5. The molecule has 3 aliphatic carbocycles. The summed E-state index contributed by atoms with van der Waals surface area (Å²) in [5, 5.41) is 0. The molecular weight excluding hydrogens is 657 g/mol. The van der Waals surface area contributed by atoms with Crippen LogP contribution in [-0.4, -0.2) is 22.1 Å². The van der Waals surface area contributed by atoms with Gasteiger partial charge in [0.15, 0.2) is 0 Å².